The van der Waals surface area contributed by atoms with Crippen LogP contribution in [0.5, 0.6) is 0 Å². The van der Waals surface area contributed by atoms with Crippen molar-refractivity contribution in [3.63, 3.8) is 0 Å². The van der Waals surface area contributed by atoms with Crippen molar-refractivity contribution in [2.75, 3.05) is 0 Å². The van der Waals surface area contributed by atoms with Crippen molar-refractivity contribution in [2.45, 2.75) is 6.42 Å². The Morgan fingerprint density at radius 3 is 2.41 bits per heavy atom. The van der Waals surface area contributed by atoms with Crippen molar-refractivity contribution >= 4 is 23.2 Å². The maximum atomic E-state index is 8.64. The zero-order valence-corrected chi connectivity index (χ0v) is 10.3. The second-order valence-corrected chi connectivity index (χ2v) is 4.40. The summed E-state index contributed by atoms with van der Waals surface area (Å²) in [6, 6.07) is 11.2. The average Bonchev–Trinajstić information content (AvgIpc) is 2.28. The fourth-order valence-electron chi connectivity index (χ4n) is 1.56. The summed E-state index contributed by atoms with van der Waals surface area (Å²) < 4.78 is 0. The molecule has 0 unspecified atom stereocenters. The second kappa shape index (κ2) is 5.18. The van der Waals surface area contributed by atoms with Gasteiger partial charge in [-0.2, -0.15) is 5.26 Å². The molecule has 2 nitrogen and oxygen atoms in total. The molecule has 0 saturated heterocycles. The molecule has 0 aliphatic heterocycles. The Morgan fingerprint density at radius 2 is 1.76 bits per heavy atom. The van der Waals surface area contributed by atoms with Gasteiger partial charge < -0.3 is 0 Å². The van der Waals surface area contributed by atoms with E-state index in [2.05, 4.69) is 11.1 Å². The van der Waals surface area contributed by atoms with Gasteiger partial charge in [-0.25, -0.2) is 0 Å². The molecule has 0 N–H and O–H groups in total. The van der Waals surface area contributed by atoms with Crippen LogP contribution in [0.1, 0.15) is 5.69 Å². The van der Waals surface area contributed by atoms with Crippen molar-refractivity contribution in [1.82, 2.24) is 4.98 Å². The van der Waals surface area contributed by atoms with Crippen molar-refractivity contribution < 1.29 is 0 Å². The predicted molar refractivity (Wildman–Crippen MR) is 69.0 cm³/mol. The van der Waals surface area contributed by atoms with E-state index in [-0.39, 0.29) is 0 Å². The number of pyridine rings is 1. The number of rotatable bonds is 2. The molecule has 4 heteroatoms. The summed E-state index contributed by atoms with van der Waals surface area (Å²) in [6.07, 6.45) is 1.97. The van der Waals surface area contributed by atoms with E-state index in [4.69, 9.17) is 28.5 Å². The Balaban J connectivity index is 2.45. The number of nitriles is 1. The van der Waals surface area contributed by atoms with Gasteiger partial charge in [0.1, 0.15) is 0 Å². The minimum Gasteiger partial charge on any atom is -0.260 e. The predicted octanol–water partition coefficient (Wildman–Crippen LogP) is 4.12. The van der Waals surface area contributed by atoms with Crippen LogP contribution in [0.15, 0.2) is 36.5 Å². The number of hydrogen-bond donors (Lipinski definition) is 0. The zero-order valence-electron chi connectivity index (χ0n) is 8.82. The van der Waals surface area contributed by atoms with Gasteiger partial charge in [-0.05, 0) is 41.5 Å². The molecular weight excluding hydrogens is 255 g/mol. The lowest BCUT2D eigenvalue weighted by molar-refractivity contribution is 1.12. The number of halogens is 2. The van der Waals surface area contributed by atoms with Crippen LogP contribution in [0.25, 0.3) is 11.1 Å². The molecule has 0 aliphatic carbocycles. The maximum absolute atomic E-state index is 8.64. The smallest absolute Gasteiger partial charge is 0.0774 e. The molecule has 0 fully saturated rings. The minimum atomic E-state index is 0.294. The van der Waals surface area contributed by atoms with E-state index in [1.807, 2.05) is 24.3 Å². The molecule has 1 heterocycles. The highest BCUT2D eigenvalue weighted by Crippen LogP contribution is 2.27. The monoisotopic (exact) mass is 262 g/mol. The van der Waals surface area contributed by atoms with Gasteiger partial charge in [0.25, 0.3) is 0 Å². The lowest BCUT2D eigenvalue weighted by atomic mass is 10.1. The molecule has 1 aromatic carbocycles. The third-order valence-corrected chi connectivity index (χ3v) is 2.71. The Kier molecular flexibility index (Phi) is 3.63. The topological polar surface area (TPSA) is 36.7 Å². The Hall–Kier alpha value is -1.56. The van der Waals surface area contributed by atoms with Gasteiger partial charge in [0.2, 0.25) is 0 Å². The maximum Gasteiger partial charge on any atom is 0.0774 e. The van der Waals surface area contributed by atoms with Crippen molar-refractivity contribution in [2.24, 2.45) is 0 Å². The molecule has 0 saturated carbocycles. The normalized spacial score (nSPS) is 9.94. The molecule has 0 radical (unpaired) electrons. The van der Waals surface area contributed by atoms with Crippen molar-refractivity contribution in [3.05, 3.63) is 52.3 Å². The molecule has 0 bridgehead atoms. The highest BCUT2D eigenvalue weighted by Gasteiger charge is 2.03. The first kappa shape index (κ1) is 11.9. The molecule has 2 rings (SSSR count). The molecule has 1 aromatic heterocycles. The summed E-state index contributed by atoms with van der Waals surface area (Å²) in [5.74, 6) is 0. The molecule has 0 aliphatic rings. The van der Waals surface area contributed by atoms with Gasteiger partial charge in [-0.1, -0.05) is 23.2 Å². The standard InChI is InChI=1S/C13H8Cl2N2/c14-11-5-10(6-12(15)8-11)9-2-4-17-13(7-9)1-3-16/h2,4-8H,1H2. The van der Waals surface area contributed by atoms with Crippen LogP contribution >= 0.6 is 23.2 Å². The van der Waals surface area contributed by atoms with Crippen LogP contribution in [0.4, 0.5) is 0 Å². The third-order valence-electron chi connectivity index (χ3n) is 2.27. The summed E-state index contributed by atoms with van der Waals surface area (Å²) >= 11 is 11.9. The SMILES string of the molecule is N#CCc1cc(-c2cc(Cl)cc(Cl)c2)ccn1. The van der Waals surface area contributed by atoms with Crippen LogP contribution in [0, 0.1) is 11.3 Å². The second-order valence-electron chi connectivity index (χ2n) is 3.53. The summed E-state index contributed by atoms with van der Waals surface area (Å²) in [6.45, 7) is 0. The summed E-state index contributed by atoms with van der Waals surface area (Å²) in [4.78, 5) is 4.11. The Labute approximate surface area is 109 Å². The van der Waals surface area contributed by atoms with E-state index in [1.54, 1.807) is 12.3 Å². The van der Waals surface area contributed by atoms with Gasteiger partial charge in [0.15, 0.2) is 0 Å². The van der Waals surface area contributed by atoms with Crippen molar-refractivity contribution in [3.8, 4) is 17.2 Å². The third kappa shape index (κ3) is 2.97. The lowest BCUT2D eigenvalue weighted by Crippen LogP contribution is -1.88. The van der Waals surface area contributed by atoms with Gasteiger partial charge in [-0.3, -0.25) is 4.98 Å². The fraction of sp³-hybridized carbons (Fsp3) is 0.0769. The van der Waals surface area contributed by atoms with E-state index < -0.39 is 0 Å². The molecule has 17 heavy (non-hydrogen) atoms. The zero-order chi connectivity index (χ0) is 12.3. The number of hydrogen-bond acceptors (Lipinski definition) is 2. The van der Waals surface area contributed by atoms with Gasteiger partial charge in [-0.15, -0.1) is 0 Å². The van der Waals surface area contributed by atoms with E-state index in [9.17, 15) is 0 Å². The Bertz CT molecular complexity index is 568. The average molecular weight is 263 g/mol. The summed E-state index contributed by atoms with van der Waals surface area (Å²) in [5, 5.41) is 9.82. The number of benzene rings is 1. The Morgan fingerprint density at radius 1 is 1.06 bits per heavy atom. The van der Waals surface area contributed by atoms with Crippen LogP contribution in [-0.2, 0) is 6.42 Å². The van der Waals surface area contributed by atoms with Gasteiger partial charge in [0.05, 0.1) is 18.2 Å². The highest BCUT2D eigenvalue weighted by atomic mass is 35.5. The molecular formula is C13H8Cl2N2. The number of aromatic nitrogens is 1. The van der Waals surface area contributed by atoms with Crippen LogP contribution in [0.3, 0.4) is 0 Å². The summed E-state index contributed by atoms with van der Waals surface area (Å²) in [7, 11) is 0. The number of nitrogens with zero attached hydrogens (tertiary/aromatic N) is 2. The van der Waals surface area contributed by atoms with Crippen LogP contribution in [0.2, 0.25) is 10.0 Å². The van der Waals surface area contributed by atoms with E-state index in [0.29, 0.717) is 16.5 Å². The fourth-order valence-corrected chi connectivity index (χ4v) is 2.08. The summed E-state index contributed by atoms with van der Waals surface area (Å²) in [5.41, 5.74) is 2.61. The minimum absolute atomic E-state index is 0.294. The quantitative estimate of drug-likeness (QED) is 0.817. The lowest BCUT2D eigenvalue weighted by Gasteiger charge is -2.04. The molecule has 0 amide bonds. The highest BCUT2D eigenvalue weighted by molar-refractivity contribution is 6.35. The molecule has 0 spiro atoms. The molecule has 0 atom stereocenters. The van der Waals surface area contributed by atoms with Gasteiger partial charge >= 0.3 is 0 Å². The first-order chi connectivity index (χ1) is 8.19. The molecule has 2 aromatic rings. The van der Waals surface area contributed by atoms with Crippen molar-refractivity contribution in [1.29, 1.82) is 5.26 Å². The van der Waals surface area contributed by atoms with Gasteiger partial charge in [0, 0.05) is 16.2 Å². The van der Waals surface area contributed by atoms with E-state index in [1.165, 1.54) is 0 Å². The van der Waals surface area contributed by atoms with Crippen LogP contribution < -0.4 is 0 Å². The van der Waals surface area contributed by atoms with E-state index in [0.717, 1.165) is 16.8 Å². The van der Waals surface area contributed by atoms with E-state index >= 15 is 0 Å². The molecule has 84 valence electrons. The largest absolute Gasteiger partial charge is 0.260 e. The first-order valence-corrected chi connectivity index (χ1v) is 5.73. The first-order valence-electron chi connectivity index (χ1n) is 4.97. The van der Waals surface area contributed by atoms with Crippen LogP contribution in [-0.4, -0.2) is 4.98 Å².